The maximum Gasteiger partial charge on any atom is 0.268 e. The second-order valence-corrected chi connectivity index (χ2v) is 9.62. The maximum atomic E-state index is 12.9. The average Bonchev–Trinajstić information content (AvgIpc) is 2.83. The highest BCUT2D eigenvalue weighted by molar-refractivity contribution is 9.10. The van der Waals surface area contributed by atoms with E-state index in [1.165, 1.54) is 6.20 Å². The van der Waals surface area contributed by atoms with E-state index in [1.807, 2.05) is 36.1 Å². The molecule has 2 fully saturated rings. The van der Waals surface area contributed by atoms with E-state index in [0.29, 0.717) is 16.7 Å². The quantitative estimate of drug-likeness (QED) is 0.658. The molecule has 1 aromatic carbocycles. The van der Waals surface area contributed by atoms with Crippen molar-refractivity contribution >= 4 is 33.6 Å². The van der Waals surface area contributed by atoms with Gasteiger partial charge in [-0.25, -0.2) is 9.97 Å². The number of piperidine rings is 1. The van der Waals surface area contributed by atoms with Crippen LogP contribution in [0.4, 0.5) is 5.82 Å². The molecule has 2 amide bonds. The van der Waals surface area contributed by atoms with Gasteiger partial charge in [-0.2, -0.15) is 0 Å². The molecule has 2 saturated heterocycles. The smallest absolute Gasteiger partial charge is 0.268 e. The van der Waals surface area contributed by atoms with Gasteiger partial charge in [0.2, 0.25) is 0 Å². The summed E-state index contributed by atoms with van der Waals surface area (Å²) in [5, 5.41) is 0. The molecule has 3 heterocycles. The molecule has 1 unspecified atom stereocenters. The normalized spacial score (nSPS) is 20.2. The number of carbonyl (C=O) groups is 2. The average molecular weight is 515 g/mol. The Hall–Kier alpha value is -2.52. The Morgan fingerprint density at radius 3 is 2.42 bits per heavy atom. The Labute approximate surface area is 203 Å². The van der Waals surface area contributed by atoms with Crippen LogP contribution >= 0.6 is 15.9 Å². The number of aryl methyl sites for hydroxylation is 1. The van der Waals surface area contributed by atoms with Crippen LogP contribution in [0.3, 0.4) is 0 Å². The molecule has 0 bridgehead atoms. The number of hydrogen-bond donors (Lipinski definition) is 1. The number of rotatable bonds is 5. The number of primary amides is 1. The number of aromatic nitrogens is 2. The van der Waals surface area contributed by atoms with Gasteiger partial charge in [0.15, 0.2) is 5.82 Å². The van der Waals surface area contributed by atoms with Crippen LogP contribution in [0.25, 0.3) is 0 Å². The predicted octanol–water partition coefficient (Wildman–Crippen LogP) is 2.85. The standard InChI is InChI=1S/C24H31BrN6O2/c1-3-18-15-30(23-21(25)28-20(14-27-23)22(26)32)12-13-31(18)19-8-10-29(11-9-19)24(33)17-6-4-16(2)5-7-17/h4-7,14,18-19H,3,8-13,15H2,1-2H3,(H2,26,32). The van der Waals surface area contributed by atoms with E-state index in [-0.39, 0.29) is 11.6 Å². The summed E-state index contributed by atoms with van der Waals surface area (Å²) >= 11 is 3.45. The molecule has 9 heteroatoms. The van der Waals surface area contributed by atoms with E-state index >= 15 is 0 Å². The van der Waals surface area contributed by atoms with Crippen molar-refractivity contribution in [1.29, 1.82) is 0 Å². The molecule has 0 saturated carbocycles. The number of likely N-dealkylation sites (tertiary alicyclic amines) is 1. The number of amides is 2. The zero-order valence-electron chi connectivity index (χ0n) is 19.2. The van der Waals surface area contributed by atoms with Gasteiger partial charge >= 0.3 is 0 Å². The lowest BCUT2D eigenvalue weighted by Crippen LogP contribution is -2.58. The Balaban J connectivity index is 1.37. The Morgan fingerprint density at radius 1 is 1.12 bits per heavy atom. The lowest BCUT2D eigenvalue weighted by molar-refractivity contribution is 0.0490. The fourth-order valence-electron chi connectivity index (χ4n) is 4.88. The molecule has 4 rings (SSSR count). The lowest BCUT2D eigenvalue weighted by Gasteiger charge is -2.47. The van der Waals surface area contributed by atoms with Gasteiger partial charge in [0.05, 0.1) is 6.20 Å². The molecular formula is C24H31BrN6O2. The second kappa shape index (κ2) is 10.2. The number of anilines is 1. The highest BCUT2D eigenvalue weighted by Crippen LogP contribution is 2.28. The zero-order chi connectivity index (χ0) is 23.5. The minimum Gasteiger partial charge on any atom is -0.364 e. The molecule has 1 atom stereocenters. The van der Waals surface area contributed by atoms with Gasteiger partial charge in [-0.05, 0) is 54.2 Å². The van der Waals surface area contributed by atoms with Crippen molar-refractivity contribution in [2.45, 2.75) is 45.2 Å². The van der Waals surface area contributed by atoms with Crippen molar-refractivity contribution in [1.82, 2.24) is 19.8 Å². The van der Waals surface area contributed by atoms with Gasteiger partial charge in [0, 0.05) is 50.4 Å². The predicted molar refractivity (Wildman–Crippen MR) is 131 cm³/mol. The Bertz CT molecular complexity index is 1010. The van der Waals surface area contributed by atoms with Crippen LogP contribution in [0.15, 0.2) is 35.1 Å². The molecule has 176 valence electrons. The molecule has 2 N–H and O–H groups in total. The second-order valence-electron chi connectivity index (χ2n) is 8.87. The van der Waals surface area contributed by atoms with Crippen molar-refractivity contribution in [3.8, 4) is 0 Å². The van der Waals surface area contributed by atoms with Crippen LogP contribution in [0.5, 0.6) is 0 Å². The summed E-state index contributed by atoms with van der Waals surface area (Å²) in [5.74, 6) is 0.294. The summed E-state index contributed by atoms with van der Waals surface area (Å²) in [4.78, 5) is 39.8. The molecular weight excluding hydrogens is 484 g/mol. The molecule has 0 radical (unpaired) electrons. The molecule has 33 heavy (non-hydrogen) atoms. The lowest BCUT2D eigenvalue weighted by atomic mass is 9.97. The number of nitrogens with two attached hydrogens (primary N) is 1. The first-order valence-electron chi connectivity index (χ1n) is 11.6. The van der Waals surface area contributed by atoms with E-state index < -0.39 is 5.91 Å². The number of carbonyl (C=O) groups excluding carboxylic acids is 2. The zero-order valence-corrected chi connectivity index (χ0v) is 20.8. The third-order valence-electron chi connectivity index (χ3n) is 6.78. The first-order valence-corrected chi connectivity index (χ1v) is 12.4. The van der Waals surface area contributed by atoms with Gasteiger partial charge in [-0.3, -0.25) is 14.5 Å². The summed E-state index contributed by atoms with van der Waals surface area (Å²) < 4.78 is 0.546. The van der Waals surface area contributed by atoms with Crippen LogP contribution in [0.2, 0.25) is 0 Å². The molecule has 0 aliphatic carbocycles. The van der Waals surface area contributed by atoms with E-state index in [9.17, 15) is 9.59 Å². The van der Waals surface area contributed by atoms with Gasteiger partial charge in [0.25, 0.3) is 11.8 Å². The first-order chi connectivity index (χ1) is 15.9. The molecule has 0 spiro atoms. The minimum atomic E-state index is -0.585. The third-order valence-corrected chi connectivity index (χ3v) is 7.31. The summed E-state index contributed by atoms with van der Waals surface area (Å²) in [6.45, 7) is 8.45. The Kier molecular flexibility index (Phi) is 7.29. The maximum absolute atomic E-state index is 12.9. The fraction of sp³-hybridized carbons (Fsp3) is 0.500. The summed E-state index contributed by atoms with van der Waals surface area (Å²) in [7, 11) is 0. The van der Waals surface area contributed by atoms with Crippen molar-refractivity contribution in [2.75, 3.05) is 37.6 Å². The molecule has 1 aromatic heterocycles. The molecule has 2 aliphatic rings. The third kappa shape index (κ3) is 5.19. The van der Waals surface area contributed by atoms with Crippen molar-refractivity contribution in [2.24, 2.45) is 5.73 Å². The van der Waals surface area contributed by atoms with Crippen LogP contribution in [0.1, 0.15) is 52.6 Å². The Morgan fingerprint density at radius 2 is 1.82 bits per heavy atom. The van der Waals surface area contributed by atoms with Crippen LogP contribution < -0.4 is 10.6 Å². The monoisotopic (exact) mass is 514 g/mol. The van der Waals surface area contributed by atoms with Crippen molar-refractivity contribution < 1.29 is 9.59 Å². The van der Waals surface area contributed by atoms with Crippen molar-refractivity contribution in [3.63, 3.8) is 0 Å². The van der Waals surface area contributed by atoms with Gasteiger partial charge in [0.1, 0.15) is 10.3 Å². The fourth-order valence-corrected chi connectivity index (χ4v) is 5.42. The van der Waals surface area contributed by atoms with E-state index in [2.05, 4.69) is 42.6 Å². The number of piperazine rings is 1. The summed E-state index contributed by atoms with van der Waals surface area (Å²) in [6, 6.07) is 8.71. The molecule has 2 aliphatic heterocycles. The van der Waals surface area contributed by atoms with Crippen LogP contribution in [0, 0.1) is 6.92 Å². The highest BCUT2D eigenvalue weighted by Gasteiger charge is 2.35. The van der Waals surface area contributed by atoms with E-state index in [1.54, 1.807) is 0 Å². The minimum absolute atomic E-state index is 0.133. The van der Waals surface area contributed by atoms with E-state index in [4.69, 9.17) is 5.73 Å². The van der Waals surface area contributed by atoms with Crippen LogP contribution in [-0.4, -0.2) is 76.4 Å². The van der Waals surface area contributed by atoms with Crippen LogP contribution in [-0.2, 0) is 0 Å². The topological polar surface area (TPSA) is 95.7 Å². The number of hydrogen-bond acceptors (Lipinski definition) is 6. The summed E-state index contributed by atoms with van der Waals surface area (Å²) in [6.07, 6.45) is 4.45. The number of halogens is 1. The SMILES string of the molecule is CCC1CN(c2ncc(C(N)=O)nc2Br)CCN1C1CCN(C(=O)c2ccc(C)cc2)CC1. The number of benzene rings is 1. The molecule has 2 aromatic rings. The molecule has 8 nitrogen and oxygen atoms in total. The van der Waals surface area contributed by atoms with E-state index in [0.717, 1.165) is 68.9 Å². The highest BCUT2D eigenvalue weighted by atomic mass is 79.9. The number of nitrogens with zero attached hydrogens (tertiary/aromatic N) is 5. The van der Waals surface area contributed by atoms with Crippen molar-refractivity contribution in [3.05, 3.63) is 51.9 Å². The summed E-state index contributed by atoms with van der Waals surface area (Å²) in [5.41, 5.74) is 7.41. The van der Waals surface area contributed by atoms with Gasteiger partial charge < -0.3 is 15.5 Å². The van der Waals surface area contributed by atoms with Gasteiger partial charge in [-0.1, -0.05) is 24.6 Å². The first kappa shape index (κ1) is 23.6. The largest absolute Gasteiger partial charge is 0.364 e. The van der Waals surface area contributed by atoms with Gasteiger partial charge in [-0.15, -0.1) is 0 Å².